The lowest BCUT2D eigenvalue weighted by Crippen LogP contribution is -2.22. The number of likely N-dealkylation sites (N-methyl/N-ethyl adjacent to an activating group) is 1. The summed E-state index contributed by atoms with van der Waals surface area (Å²) in [5.41, 5.74) is 0.847. The highest BCUT2D eigenvalue weighted by Crippen LogP contribution is 2.31. The Kier molecular flexibility index (Phi) is 3.72. The molecule has 0 N–H and O–H groups in total. The Morgan fingerprint density at radius 1 is 1.39 bits per heavy atom. The molecule has 2 amide bonds. The van der Waals surface area contributed by atoms with E-state index in [1.54, 1.807) is 6.08 Å². The van der Waals surface area contributed by atoms with Crippen LogP contribution in [0.3, 0.4) is 0 Å². The molecule has 1 saturated heterocycles. The number of nitrogens with zero attached hydrogens (tertiary/aromatic N) is 1. The van der Waals surface area contributed by atoms with Gasteiger partial charge in [0.05, 0.1) is 11.5 Å². The van der Waals surface area contributed by atoms with Crippen molar-refractivity contribution in [3.05, 3.63) is 34.7 Å². The average Bonchev–Trinajstić information content (AvgIpc) is 2.58. The quantitative estimate of drug-likeness (QED) is 0.787. The van der Waals surface area contributed by atoms with Gasteiger partial charge in [-0.25, -0.2) is 0 Å². The summed E-state index contributed by atoms with van der Waals surface area (Å²) in [4.78, 5) is 24.6. The Labute approximate surface area is 110 Å². The zero-order chi connectivity index (χ0) is 13.1. The van der Waals surface area contributed by atoms with E-state index in [9.17, 15) is 9.59 Å². The molecule has 0 saturated carbocycles. The van der Waals surface area contributed by atoms with Crippen LogP contribution in [0.5, 0.6) is 5.75 Å². The summed E-state index contributed by atoms with van der Waals surface area (Å²) in [6.45, 7) is 2.50. The van der Waals surface area contributed by atoms with Crippen LogP contribution in [-0.2, 0) is 4.79 Å². The first-order valence-corrected chi connectivity index (χ1v) is 6.38. The molecule has 0 aromatic heterocycles. The molecule has 94 valence electrons. The summed E-state index contributed by atoms with van der Waals surface area (Å²) in [5, 5.41) is -0.243. The highest BCUT2D eigenvalue weighted by atomic mass is 32.2. The zero-order valence-electron chi connectivity index (χ0n) is 10.2. The molecule has 1 fully saturated rings. The average molecular weight is 263 g/mol. The molecule has 0 radical (unpaired) electrons. The Morgan fingerprint density at radius 2 is 2.17 bits per heavy atom. The van der Waals surface area contributed by atoms with Crippen LogP contribution in [0, 0.1) is 0 Å². The van der Waals surface area contributed by atoms with E-state index in [1.807, 2.05) is 31.2 Å². The zero-order valence-corrected chi connectivity index (χ0v) is 11.0. The molecule has 0 unspecified atom stereocenters. The summed E-state index contributed by atoms with van der Waals surface area (Å²) >= 11 is 0.954. The molecule has 5 heteroatoms. The molecule has 1 aromatic rings. The van der Waals surface area contributed by atoms with E-state index in [0.29, 0.717) is 11.5 Å². The highest BCUT2D eigenvalue weighted by Gasteiger charge is 2.31. The van der Waals surface area contributed by atoms with Crippen LogP contribution in [0.25, 0.3) is 6.08 Å². The minimum atomic E-state index is -0.258. The van der Waals surface area contributed by atoms with Gasteiger partial charge in [0.15, 0.2) is 0 Å². The maximum absolute atomic E-state index is 11.7. The largest absolute Gasteiger partial charge is 0.494 e. The number of thioether (sulfide) groups is 1. The van der Waals surface area contributed by atoms with Gasteiger partial charge in [0, 0.05) is 7.05 Å². The lowest BCUT2D eigenvalue weighted by Gasteiger charge is -2.04. The Hall–Kier alpha value is -1.75. The molecule has 2 rings (SSSR count). The lowest BCUT2D eigenvalue weighted by atomic mass is 10.2. The molecule has 1 aliphatic heterocycles. The molecule has 0 spiro atoms. The second-order valence-electron chi connectivity index (χ2n) is 3.75. The van der Waals surface area contributed by atoms with Crippen LogP contribution in [-0.4, -0.2) is 29.7 Å². The van der Waals surface area contributed by atoms with Gasteiger partial charge in [-0.15, -0.1) is 0 Å². The second kappa shape index (κ2) is 5.27. The summed E-state index contributed by atoms with van der Waals surface area (Å²) in [5.74, 6) is 0.494. The molecule has 1 aromatic carbocycles. The maximum Gasteiger partial charge on any atom is 0.293 e. The van der Waals surface area contributed by atoms with Crippen molar-refractivity contribution >= 4 is 29.0 Å². The van der Waals surface area contributed by atoms with Crippen molar-refractivity contribution in [1.29, 1.82) is 0 Å². The molecule has 18 heavy (non-hydrogen) atoms. The summed E-state index contributed by atoms with van der Waals surface area (Å²) in [6.07, 6.45) is 1.71. The number of imide groups is 1. The SMILES string of the molecule is CCOc1cccc(/C=C2\SC(=O)N(C)C2=O)c1. The minimum absolute atomic E-state index is 0.243. The molecule has 4 nitrogen and oxygen atoms in total. The van der Waals surface area contributed by atoms with E-state index >= 15 is 0 Å². The predicted molar refractivity (Wildman–Crippen MR) is 71.3 cm³/mol. The first-order chi connectivity index (χ1) is 8.61. The number of amides is 2. The van der Waals surface area contributed by atoms with Crippen molar-refractivity contribution in [3.63, 3.8) is 0 Å². The molecule has 1 heterocycles. The molecular weight excluding hydrogens is 250 g/mol. The number of hydrogen-bond acceptors (Lipinski definition) is 4. The number of benzene rings is 1. The fraction of sp³-hybridized carbons (Fsp3) is 0.231. The lowest BCUT2D eigenvalue weighted by molar-refractivity contribution is -0.121. The van der Waals surface area contributed by atoms with Crippen molar-refractivity contribution in [2.75, 3.05) is 13.7 Å². The highest BCUT2D eigenvalue weighted by molar-refractivity contribution is 8.18. The summed E-state index contributed by atoms with van der Waals surface area (Å²) in [7, 11) is 1.48. The van der Waals surface area contributed by atoms with E-state index in [-0.39, 0.29) is 11.1 Å². The topological polar surface area (TPSA) is 46.6 Å². The van der Waals surface area contributed by atoms with E-state index in [2.05, 4.69) is 0 Å². The van der Waals surface area contributed by atoms with E-state index in [4.69, 9.17) is 4.74 Å². The summed E-state index contributed by atoms with van der Waals surface area (Å²) < 4.78 is 5.38. The molecule has 0 aliphatic carbocycles. The normalized spacial score (nSPS) is 17.7. The van der Waals surface area contributed by atoms with Gasteiger partial charge >= 0.3 is 0 Å². The van der Waals surface area contributed by atoms with Gasteiger partial charge in [-0.05, 0) is 42.5 Å². The van der Waals surface area contributed by atoms with E-state index in [1.165, 1.54) is 7.05 Å². The Morgan fingerprint density at radius 3 is 2.78 bits per heavy atom. The number of hydrogen-bond donors (Lipinski definition) is 0. The van der Waals surface area contributed by atoms with Crippen LogP contribution in [0.4, 0.5) is 4.79 Å². The van der Waals surface area contributed by atoms with Gasteiger partial charge in [0.2, 0.25) is 0 Å². The van der Waals surface area contributed by atoms with Crippen molar-refractivity contribution in [3.8, 4) is 5.75 Å². The van der Waals surface area contributed by atoms with Gasteiger partial charge in [-0.1, -0.05) is 12.1 Å². The van der Waals surface area contributed by atoms with E-state index < -0.39 is 0 Å². The number of carbonyl (C=O) groups is 2. The smallest absolute Gasteiger partial charge is 0.293 e. The van der Waals surface area contributed by atoms with E-state index in [0.717, 1.165) is 28.0 Å². The van der Waals surface area contributed by atoms with Crippen LogP contribution in [0.1, 0.15) is 12.5 Å². The fourth-order valence-electron chi connectivity index (χ4n) is 1.56. The number of ether oxygens (including phenoxy) is 1. The van der Waals surface area contributed by atoms with Crippen molar-refractivity contribution in [2.45, 2.75) is 6.92 Å². The molecule has 1 aliphatic rings. The maximum atomic E-state index is 11.7. The standard InChI is InChI=1S/C13H13NO3S/c1-3-17-10-6-4-5-9(7-10)8-11-12(15)14(2)13(16)18-11/h4-8H,3H2,1-2H3/b11-8-. The van der Waals surface area contributed by atoms with Crippen molar-refractivity contribution in [1.82, 2.24) is 4.90 Å². The number of carbonyl (C=O) groups excluding carboxylic acids is 2. The monoisotopic (exact) mass is 263 g/mol. The molecular formula is C13H13NO3S. The van der Waals surface area contributed by atoms with Gasteiger partial charge in [-0.2, -0.15) is 0 Å². The molecule has 0 atom stereocenters. The fourth-order valence-corrected chi connectivity index (χ4v) is 2.38. The van der Waals surface area contributed by atoms with Crippen molar-refractivity contribution < 1.29 is 14.3 Å². The Balaban J connectivity index is 2.25. The van der Waals surface area contributed by atoms with Gasteiger partial charge in [0.25, 0.3) is 11.1 Å². The van der Waals surface area contributed by atoms with Crippen LogP contribution in [0.15, 0.2) is 29.2 Å². The molecule has 0 bridgehead atoms. The third-order valence-corrected chi connectivity index (χ3v) is 3.41. The third-order valence-electron chi connectivity index (χ3n) is 2.45. The first kappa shape index (κ1) is 12.7. The van der Waals surface area contributed by atoms with Crippen molar-refractivity contribution in [2.24, 2.45) is 0 Å². The van der Waals surface area contributed by atoms with Gasteiger partial charge < -0.3 is 4.74 Å². The third kappa shape index (κ3) is 2.56. The predicted octanol–water partition coefficient (Wildman–Crippen LogP) is 2.75. The van der Waals surface area contributed by atoms with Crippen LogP contribution in [0.2, 0.25) is 0 Å². The number of rotatable bonds is 3. The Bertz CT molecular complexity index is 525. The van der Waals surface area contributed by atoms with Gasteiger partial charge in [-0.3, -0.25) is 14.5 Å². The van der Waals surface area contributed by atoms with Crippen LogP contribution < -0.4 is 4.74 Å². The summed E-state index contributed by atoms with van der Waals surface area (Å²) in [6, 6.07) is 7.42. The minimum Gasteiger partial charge on any atom is -0.494 e. The van der Waals surface area contributed by atoms with Crippen LogP contribution >= 0.6 is 11.8 Å². The first-order valence-electron chi connectivity index (χ1n) is 5.56. The van der Waals surface area contributed by atoms with Gasteiger partial charge in [0.1, 0.15) is 5.75 Å². The second-order valence-corrected chi connectivity index (χ2v) is 4.74.